The first-order valence-electron chi connectivity index (χ1n) is 10.3. The van der Waals surface area contributed by atoms with E-state index < -0.39 is 22.7 Å². The van der Waals surface area contributed by atoms with Crippen molar-refractivity contribution in [1.82, 2.24) is 29.5 Å². The minimum Gasteiger partial charge on any atom is -0.290 e. The maximum absolute atomic E-state index is 14.0. The van der Waals surface area contributed by atoms with E-state index in [2.05, 4.69) is 20.3 Å². The summed E-state index contributed by atoms with van der Waals surface area (Å²) in [6, 6.07) is 18.6. The van der Waals surface area contributed by atoms with Gasteiger partial charge >= 0.3 is 6.18 Å². The fourth-order valence-corrected chi connectivity index (χ4v) is 3.73. The van der Waals surface area contributed by atoms with Crippen LogP contribution >= 0.6 is 0 Å². The lowest BCUT2D eigenvalue weighted by molar-refractivity contribution is -0.136. The molecule has 3 heterocycles. The second kappa shape index (κ2) is 8.22. The van der Waals surface area contributed by atoms with Crippen LogP contribution in [0.4, 0.5) is 13.2 Å². The molecule has 0 fully saturated rings. The van der Waals surface area contributed by atoms with Crippen LogP contribution in [0.1, 0.15) is 17.1 Å². The summed E-state index contributed by atoms with van der Waals surface area (Å²) in [5, 5.41) is 7.53. The summed E-state index contributed by atoms with van der Waals surface area (Å²) in [5.41, 5.74) is -0.407. The van der Waals surface area contributed by atoms with E-state index in [0.717, 1.165) is 16.3 Å². The van der Waals surface area contributed by atoms with Crippen molar-refractivity contribution in [2.24, 2.45) is 0 Å². The van der Waals surface area contributed by atoms with Crippen molar-refractivity contribution in [2.75, 3.05) is 0 Å². The van der Waals surface area contributed by atoms with Gasteiger partial charge in [0.15, 0.2) is 5.65 Å². The van der Waals surface area contributed by atoms with Gasteiger partial charge in [-0.15, -0.1) is 5.10 Å². The van der Waals surface area contributed by atoms with Crippen LogP contribution in [-0.4, -0.2) is 29.5 Å². The standard InChI is InChI=1S/C24H17F3N6O/c1-15-28-22-21(19(24(25,26)27)12-20(29-22)16-8-4-2-5-9-16)23(34)32(15)13-17-14-33(31-30-17)18-10-6-3-7-11-18/h2-12,14H,13H2,1H3. The summed E-state index contributed by atoms with van der Waals surface area (Å²) in [4.78, 5) is 21.8. The zero-order valence-corrected chi connectivity index (χ0v) is 17.9. The number of benzene rings is 2. The van der Waals surface area contributed by atoms with Crippen molar-refractivity contribution in [2.45, 2.75) is 19.6 Å². The smallest absolute Gasteiger partial charge is 0.290 e. The second-order valence-electron chi connectivity index (χ2n) is 7.66. The van der Waals surface area contributed by atoms with Gasteiger partial charge < -0.3 is 0 Å². The number of fused-ring (bicyclic) bond motifs is 1. The minimum absolute atomic E-state index is 0.0851. The predicted molar refractivity (Wildman–Crippen MR) is 119 cm³/mol. The molecule has 5 rings (SSSR count). The van der Waals surface area contributed by atoms with Crippen LogP contribution in [-0.2, 0) is 12.7 Å². The molecular weight excluding hydrogens is 445 g/mol. The van der Waals surface area contributed by atoms with Crippen LogP contribution in [0.5, 0.6) is 0 Å². The Hall–Kier alpha value is -4.34. The topological polar surface area (TPSA) is 78.5 Å². The highest BCUT2D eigenvalue weighted by Gasteiger charge is 2.35. The van der Waals surface area contributed by atoms with E-state index in [1.165, 1.54) is 4.68 Å². The fraction of sp³-hybridized carbons (Fsp3) is 0.125. The van der Waals surface area contributed by atoms with Crippen molar-refractivity contribution in [1.29, 1.82) is 0 Å². The first-order valence-corrected chi connectivity index (χ1v) is 10.3. The van der Waals surface area contributed by atoms with E-state index in [9.17, 15) is 18.0 Å². The largest absolute Gasteiger partial charge is 0.417 e. The summed E-state index contributed by atoms with van der Waals surface area (Å²) in [7, 11) is 0. The highest BCUT2D eigenvalue weighted by molar-refractivity contribution is 5.82. The number of pyridine rings is 1. The number of nitrogens with zero attached hydrogens (tertiary/aromatic N) is 6. The van der Waals surface area contributed by atoms with Crippen molar-refractivity contribution in [3.63, 3.8) is 0 Å². The molecule has 0 aliphatic rings. The number of halogens is 3. The molecule has 0 radical (unpaired) electrons. The molecule has 0 N–H and O–H groups in total. The average Bonchev–Trinajstić information content (AvgIpc) is 3.30. The molecule has 0 saturated carbocycles. The molecule has 3 aromatic heterocycles. The lowest BCUT2D eigenvalue weighted by atomic mass is 10.1. The minimum atomic E-state index is -4.77. The number of aryl methyl sites for hydroxylation is 1. The average molecular weight is 462 g/mol. The summed E-state index contributed by atoms with van der Waals surface area (Å²) in [6.45, 7) is 1.46. The molecule has 34 heavy (non-hydrogen) atoms. The Morgan fingerprint density at radius 1 is 0.941 bits per heavy atom. The van der Waals surface area contributed by atoms with Gasteiger partial charge in [0.05, 0.1) is 35.1 Å². The Morgan fingerprint density at radius 2 is 1.62 bits per heavy atom. The molecule has 0 atom stereocenters. The molecule has 0 aliphatic carbocycles. The van der Waals surface area contributed by atoms with E-state index >= 15 is 0 Å². The van der Waals surface area contributed by atoms with Gasteiger partial charge in [-0.3, -0.25) is 9.36 Å². The molecular formula is C24H17F3N6O. The second-order valence-corrected chi connectivity index (χ2v) is 7.66. The Bertz CT molecular complexity index is 1540. The van der Waals surface area contributed by atoms with Gasteiger partial charge in [-0.1, -0.05) is 53.7 Å². The van der Waals surface area contributed by atoms with Crippen LogP contribution in [0.15, 0.2) is 77.7 Å². The third-order valence-corrected chi connectivity index (χ3v) is 5.37. The summed E-state index contributed by atoms with van der Waals surface area (Å²) in [5.74, 6) is 0.220. The lowest BCUT2D eigenvalue weighted by Crippen LogP contribution is -2.27. The highest BCUT2D eigenvalue weighted by Crippen LogP contribution is 2.35. The Labute approximate surface area is 191 Å². The SMILES string of the molecule is Cc1nc2nc(-c3ccccc3)cc(C(F)(F)F)c2c(=O)n1Cc1cn(-c2ccccc2)nn1. The fourth-order valence-electron chi connectivity index (χ4n) is 3.73. The van der Waals surface area contributed by atoms with Gasteiger partial charge in [-0.05, 0) is 25.1 Å². The lowest BCUT2D eigenvalue weighted by Gasteiger charge is -2.15. The number of rotatable bonds is 4. The molecule has 0 spiro atoms. The Kier molecular flexibility index (Phi) is 5.20. The van der Waals surface area contributed by atoms with Crippen molar-refractivity contribution >= 4 is 11.0 Å². The van der Waals surface area contributed by atoms with Crippen LogP contribution in [0.2, 0.25) is 0 Å². The molecule has 0 aliphatic heterocycles. The number of aromatic nitrogens is 6. The van der Waals surface area contributed by atoms with Gasteiger partial charge in [0, 0.05) is 5.56 Å². The van der Waals surface area contributed by atoms with Gasteiger partial charge in [-0.2, -0.15) is 13.2 Å². The molecule has 0 unspecified atom stereocenters. The predicted octanol–water partition coefficient (Wildman–Crippen LogP) is 4.41. The number of alkyl halides is 3. The summed E-state index contributed by atoms with van der Waals surface area (Å²) < 4.78 is 44.7. The molecule has 5 aromatic rings. The van der Waals surface area contributed by atoms with Crippen molar-refractivity contribution < 1.29 is 13.2 Å². The Morgan fingerprint density at radius 3 is 2.29 bits per heavy atom. The molecule has 0 amide bonds. The molecule has 2 aromatic carbocycles. The van der Waals surface area contributed by atoms with Gasteiger partial charge in [0.25, 0.3) is 5.56 Å². The van der Waals surface area contributed by atoms with E-state index in [-0.39, 0.29) is 23.7 Å². The maximum Gasteiger partial charge on any atom is 0.417 e. The third-order valence-electron chi connectivity index (χ3n) is 5.37. The monoisotopic (exact) mass is 462 g/mol. The van der Waals surface area contributed by atoms with E-state index in [1.54, 1.807) is 43.5 Å². The van der Waals surface area contributed by atoms with Crippen LogP contribution in [0.3, 0.4) is 0 Å². The van der Waals surface area contributed by atoms with Gasteiger partial charge in [-0.25, -0.2) is 14.6 Å². The Balaban J connectivity index is 1.63. The van der Waals surface area contributed by atoms with Gasteiger partial charge in [0.2, 0.25) is 0 Å². The number of hydrogen-bond donors (Lipinski definition) is 0. The van der Waals surface area contributed by atoms with Crippen LogP contribution in [0, 0.1) is 6.92 Å². The normalized spacial score (nSPS) is 11.8. The van der Waals surface area contributed by atoms with Crippen LogP contribution < -0.4 is 5.56 Å². The molecule has 0 saturated heterocycles. The first kappa shape index (κ1) is 21.5. The zero-order chi connectivity index (χ0) is 23.9. The molecule has 170 valence electrons. The van der Waals surface area contributed by atoms with E-state index in [1.807, 2.05) is 30.3 Å². The van der Waals surface area contributed by atoms with E-state index in [4.69, 9.17) is 0 Å². The molecule has 10 heteroatoms. The van der Waals surface area contributed by atoms with Gasteiger partial charge in [0.1, 0.15) is 11.5 Å². The number of hydrogen-bond acceptors (Lipinski definition) is 5. The van der Waals surface area contributed by atoms with E-state index in [0.29, 0.717) is 11.3 Å². The summed E-state index contributed by atoms with van der Waals surface area (Å²) >= 11 is 0. The third kappa shape index (κ3) is 3.94. The summed E-state index contributed by atoms with van der Waals surface area (Å²) in [6.07, 6.45) is -3.15. The quantitative estimate of drug-likeness (QED) is 0.395. The number of para-hydroxylation sites is 1. The van der Waals surface area contributed by atoms with Crippen molar-refractivity contribution in [3.8, 4) is 16.9 Å². The maximum atomic E-state index is 14.0. The zero-order valence-electron chi connectivity index (χ0n) is 17.9. The molecule has 0 bridgehead atoms. The van der Waals surface area contributed by atoms with Crippen molar-refractivity contribution in [3.05, 3.63) is 100 Å². The first-order chi connectivity index (χ1) is 16.3. The highest BCUT2D eigenvalue weighted by atomic mass is 19.4. The van der Waals surface area contributed by atoms with Crippen LogP contribution in [0.25, 0.3) is 28.0 Å². The molecule has 7 nitrogen and oxygen atoms in total.